The molecule has 0 fully saturated rings. The van der Waals surface area contributed by atoms with Gasteiger partial charge in [-0.05, 0) is 24.3 Å². The van der Waals surface area contributed by atoms with Crippen LogP contribution in [-0.4, -0.2) is 25.5 Å². The van der Waals surface area contributed by atoms with Crippen LogP contribution in [-0.2, 0) is 19.6 Å². The molecule has 0 amide bonds. The molecule has 6 heteroatoms. The zero-order valence-corrected chi connectivity index (χ0v) is 13.7. The molecule has 0 spiro atoms. The number of carbonyl (C=O) groups is 1. The summed E-state index contributed by atoms with van der Waals surface area (Å²) in [6.45, 7) is 0. The average Bonchev–Trinajstić information content (AvgIpc) is 3.00. The van der Waals surface area contributed by atoms with E-state index in [9.17, 15) is 13.2 Å². The lowest BCUT2D eigenvalue weighted by Crippen LogP contribution is -2.11. The largest absolute Gasteiger partial charge is 0.466 e. The minimum absolute atomic E-state index is 0.203. The average molecular weight is 341 g/mol. The molecule has 3 aromatic rings. The van der Waals surface area contributed by atoms with Gasteiger partial charge in [-0.25, -0.2) is 17.2 Å². The Balaban J connectivity index is 2.20. The lowest BCUT2D eigenvalue weighted by Gasteiger charge is -2.07. The van der Waals surface area contributed by atoms with Crippen LogP contribution in [0.2, 0.25) is 0 Å². The zero-order valence-electron chi connectivity index (χ0n) is 12.9. The molecule has 3 rings (SSSR count). The van der Waals surface area contributed by atoms with Crippen molar-refractivity contribution in [2.45, 2.75) is 4.90 Å². The zero-order chi connectivity index (χ0) is 17.2. The molecule has 0 atom stereocenters. The van der Waals surface area contributed by atoms with E-state index in [-0.39, 0.29) is 4.90 Å². The third kappa shape index (κ3) is 2.83. The predicted octanol–water partition coefficient (Wildman–Crippen LogP) is 3.06. The number of nitrogens with zero attached hydrogens (tertiary/aromatic N) is 1. The normalized spacial score (nSPS) is 11.9. The quantitative estimate of drug-likeness (QED) is 0.540. The molecule has 0 saturated carbocycles. The Morgan fingerprint density at radius 3 is 2.42 bits per heavy atom. The van der Waals surface area contributed by atoms with Crippen molar-refractivity contribution in [3.8, 4) is 0 Å². The lowest BCUT2D eigenvalue weighted by molar-refractivity contribution is -0.134. The standard InChI is InChI=1S/C18H15NO4S/c1-23-18(20)12-11-14-13-19(17-10-6-5-9-16(14)17)24(21,22)15-7-3-2-4-8-15/h2-13H,1H3/b12-11+. The molecule has 0 saturated heterocycles. The minimum atomic E-state index is -3.72. The van der Waals surface area contributed by atoms with Gasteiger partial charge in [0.1, 0.15) is 0 Å². The Labute approximate surface area is 139 Å². The third-order valence-corrected chi connectivity index (χ3v) is 5.30. The molecule has 0 radical (unpaired) electrons. The highest BCUT2D eigenvalue weighted by Crippen LogP contribution is 2.26. The van der Waals surface area contributed by atoms with E-state index >= 15 is 0 Å². The number of rotatable bonds is 4. The van der Waals surface area contributed by atoms with Crippen LogP contribution in [0.15, 0.2) is 71.8 Å². The van der Waals surface area contributed by atoms with E-state index in [1.165, 1.54) is 23.4 Å². The molecule has 0 bridgehead atoms. The highest BCUT2D eigenvalue weighted by molar-refractivity contribution is 7.90. The smallest absolute Gasteiger partial charge is 0.330 e. The number of aromatic nitrogens is 1. The summed E-state index contributed by atoms with van der Waals surface area (Å²) in [6, 6.07) is 15.3. The van der Waals surface area contributed by atoms with Crippen molar-refractivity contribution < 1.29 is 17.9 Å². The number of hydrogen-bond donors (Lipinski definition) is 0. The number of carbonyl (C=O) groups excluding carboxylic acids is 1. The van der Waals surface area contributed by atoms with Crippen LogP contribution in [0.25, 0.3) is 17.0 Å². The summed E-state index contributed by atoms with van der Waals surface area (Å²) in [4.78, 5) is 11.5. The molecular formula is C18H15NO4S. The maximum absolute atomic E-state index is 12.9. The summed E-state index contributed by atoms with van der Waals surface area (Å²) >= 11 is 0. The van der Waals surface area contributed by atoms with Gasteiger partial charge in [-0.2, -0.15) is 0 Å². The SMILES string of the molecule is COC(=O)/C=C/c1cn(S(=O)(=O)c2ccccc2)c2ccccc12. The molecule has 0 aliphatic rings. The van der Waals surface area contributed by atoms with Gasteiger partial charge in [0.25, 0.3) is 10.0 Å². The van der Waals surface area contributed by atoms with Crippen LogP contribution < -0.4 is 0 Å². The molecule has 24 heavy (non-hydrogen) atoms. The van der Waals surface area contributed by atoms with E-state index in [1.807, 2.05) is 12.1 Å². The van der Waals surface area contributed by atoms with E-state index in [1.54, 1.807) is 48.5 Å². The van der Waals surface area contributed by atoms with Crippen molar-refractivity contribution in [2.75, 3.05) is 7.11 Å². The van der Waals surface area contributed by atoms with Gasteiger partial charge in [-0.3, -0.25) is 0 Å². The van der Waals surface area contributed by atoms with E-state index in [2.05, 4.69) is 4.74 Å². The number of esters is 1. The third-order valence-electron chi connectivity index (χ3n) is 3.61. The van der Waals surface area contributed by atoms with Crippen LogP contribution in [0.4, 0.5) is 0 Å². The van der Waals surface area contributed by atoms with Gasteiger partial charge in [0.2, 0.25) is 0 Å². The van der Waals surface area contributed by atoms with Crippen molar-refractivity contribution in [3.05, 3.63) is 72.4 Å². The van der Waals surface area contributed by atoms with Gasteiger partial charge in [0.05, 0.1) is 17.5 Å². The number of methoxy groups -OCH3 is 1. The van der Waals surface area contributed by atoms with Gasteiger partial charge < -0.3 is 4.74 Å². The fourth-order valence-corrected chi connectivity index (χ4v) is 3.84. The van der Waals surface area contributed by atoms with Gasteiger partial charge in [-0.15, -0.1) is 0 Å². The highest BCUT2D eigenvalue weighted by Gasteiger charge is 2.20. The first-order valence-corrected chi connectivity index (χ1v) is 8.65. The van der Waals surface area contributed by atoms with E-state index < -0.39 is 16.0 Å². The summed E-state index contributed by atoms with van der Waals surface area (Å²) in [5.74, 6) is -0.502. The summed E-state index contributed by atoms with van der Waals surface area (Å²) in [6.07, 6.45) is 4.32. The molecule has 2 aromatic carbocycles. The Kier molecular flexibility index (Phi) is 4.22. The molecule has 5 nitrogen and oxygen atoms in total. The summed E-state index contributed by atoms with van der Waals surface area (Å²) in [5.41, 5.74) is 1.17. The summed E-state index contributed by atoms with van der Waals surface area (Å²) < 4.78 is 31.6. The van der Waals surface area contributed by atoms with Crippen molar-refractivity contribution in [3.63, 3.8) is 0 Å². The first kappa shape index (κ1) is 16.0. The van der Waals surface area contributed by atoms with Gasteiger partial charge >= 0.3 is 5.97 Å². The monoisotopic (exact) mass is 341 g/mol. The number of benzene rings is 2. The topological polar surface area (TPSA) is 65.4 Å². The fourth-order valence-electron chi connectivity index (χ4n) is 2.44. The lowest BCUT2D eigenvalue weighted by atomic mass is 10.1. The van der Waals surface area contributed by atoms with Gasteiger partial charge in [0.15, 0.2) is 0 Å². The van der Waals surface area contributed by atoms with Gasteiger partial charge in [-0.1, -0.05) is 36.4 Å². The minimum Gasteiger partial charge on any atom is -0.466 e. The van der Waals surface area contributed by atoms with Crippen LogP contribution in [0.1, 0.15) is 5.56 Å². The molecule has 0 N–H and O–H groups in total. The number of ether oxygens (including phenoxy) is 1. The van der Waals surface area contributed by atoms with Gasteiger partial charge in [0, 0.05) is 23.2 Å². The first-order valence-electron chi connectivity index (χ1n) is 7.21. The van der Waals surface area contributed by atoms with Crippen LogP contribution >= 0.6 is 0 Å². The molecule has 0 unspecified atom stereocenters. The Morgan fingerprint density at radius 2 is 1.71 bits per heavy atom. The Bertz CT molecular complexity index is 1020. The second-order valence-electron chi connectivity index (χ2n) is 5.07. The van der Waals surface area contributed by atoms with Crippen molar-refractivity contribution in [1.82, 2.24) is 3.97 Å². The number of para-hydroxylation sites is 1. The maximum atomic E-state index is 12.9. The molecular weight excluding hydrogens is 326 g/mol. The van der Waals surface area contributed by atoms with Crippen LogP contribution in [0, 0.1) is 0 Å². The molecule has 0 aliphatic heterocycles. The number of hydrogen-bond acceptors (Lipinski definition) is 4. The molecule has 122 valence electrons. The summed E-state index contributed by atoms with van der Waals surface area (Å²) in [5, 5.41) is 0.733. The van der Waals surface area contributed by atoms with E-state index in [4.69, 9.17) is 0 Å². The molecule has 0 aliphatic carbocycles. The predicted molar refractivity (Wildman–Crippen MR) is 92.0 cm³/mol. The second kappa shape index (κ2) is 6.33. The first-order chi connectivity index (χ1) is 11.5. The Hall–Kier alpha value is -2.86. The van der Waals surface area contributed by atoms with Crippen molar-refractivity contribution >= 4 is 33.0 Å². The highest BCUT2D eigenvalue weighted by atomic mass is 32.2. The van der Waals surface area contributed by atoms with E-state index in [0.29, 0.717) is 11.1 Å². The van der Waals surface area contributed by atoms with Crippen LogP contribution in [0.3, 0.4) is 0 Å². The molecule has 1 heterocycles. The van der Waals surface area contributed by atoms with Crippen LogP contribution in [0.5, 0.6) is 0 Å². The molecule has 1 aromatic heterocycles. The van der Waals surface area contributed by atoms with E-state index in [0.717, 1.165) is 5.39 Å². The maximum Gasteiger partial charge on any atom is 0.330 e. The number of fused-ring (bicyclic) bond motifs is 1. The fraction of sp³-hybridized carbons (Fsp3) is 0.0556. The Morgan fingerprint density at radius 1 is 1.04 bits per heavy atom. The second-order valence-corrected chi connectivity index (χ2v) is 6.89. The van der Waals surface area contributed by atoms with Crippen molar-refractivity contribution in [2.24, 2.45) is 0 Å². The summed E-state index contributed by atoms with van der Waals surface area (Å²) in [7, 11) is -2.43. The van der Waals surface area contributed by atoms with Crippen molar-refractivity contribution in [1.29, 1.82) is 0 Å².